The minimum atomic E-state index is 0.848. The summed E-state index contributed by atoms with van der Waals surface area (Å²) in [7, 11) is 0. The van der Waals surface area contributed by atoms with Crippen molar-refractivity contribution in [3.05, 3.63) is 23.7 Å². The molecule has 3 nitrogen and oxygen atoms in total. The van der Waals surface area contributed by atoms with Gasteiger partial charge in [0, 0.05) is 6.54 Å². The lowest BCUT2D eigenvalue weighted by Gasteiger charge is -2.41. The average molecular weight is 276 g/mol. The van der Waals surface area contributed by atoms with Crippen molar-refractivity contribution in [2.24, 2.45) is 11.8 Å². The van der Waals surface area contributed by atoms with Crippen LogP contribution in [0.4, 0.5) is 0 Å². The summed E-state index contributed by atoms with van der Waals surface area (Å²) in [6.07, 6.45) is 7.24. The monoisotopic (exact) mass is 276 g/mol. The molecule has 2 unspecified atom stereocenters. The number of fused-ring (bicyclic) bond motifs is 1. The molecule has 1 aliphatic carbocycles. The van der Waals surface area contributed by atoms with E-state index < -0.39 is 0 Å². The highest BCUT2D eigenvalue weighted by molar-refractivity contribution is 5.07. The van der Waals surface area contributed by atoms with Gasteiger partial charge in [-0.15, -0.1) is 0 Å². The maximum absolute atomic E-state index is 5.92. The first-order valence-corrected chi connectivity index (χ1v) is 8.36. The number of hydrogen-bond donors (Lipinski definition) is 1. The second-order valence-corrected chi connectivity index (χ2v) is 6.48. The summed E-state index contributed by atoms with van der Waals surface area (Å²) < 4.78 is 5.92. The summed E-state index contributed by atoms with van der Waals surface area (Å²) in [5.41, 5.74) is 0. The molecule has 1 saturated carbocycles. The molecule has 3 heteroatoms. The van der Waals surface area contributed by atoms with E-state index in [1.54, 1.807) is 0 Å². The van der Waals surface area contributed by atoms with Crippen LogP contribution in [0, 0.1) is 11.8 Å². The lowest BCUT2D eigenvalue weighted by Crippen LogP contribution is -2.41. The van der Waals surface area contributed by atoms with Gasteiger partial charge in [-0.3, -0.25) is 4.90 Å². The Morgan fingerprint density at radius 2 is 1.95 bits per heavy atom. The number of nitrogens with zero attached hydrogens (tertiary/aromatic N) is 1. The normalized spacial score (nSPS) is 27.4. The summed E-state index contributed by atoms with van der Waals surface area (Å²) in [4.78, 5) is 2.60. The van der Waals surface area contributed by atoms with Crippen LogP contribution in [0.15, 0.2) is 16.5 Å². The largest absolute Gasteiger partial charge is 0.463 e. The van der Waals surface area contributed by atoms with Crippen LogP contribution in [0.2, 0.25) is 0 Å². The van der Waals surface area contributed by atoms with Crippen molar-refractivity contribution in [2.45, 2.75) is 52.1 Å². The fourth-order valence-electron chi connectivity index (χ4n) is 3.89. The highest BCUT2D eigenvalue weighted by Crippen LogP contribution is 2.36. The molecule has 2 aliphatic rings. The number of piperidine rings is 1. The van der Waals surface area contributed by atoms with Crippen LogP contribution in [0.5, 0.6) is 0 Å². The van der Waals surface area contributed by atoms with Gasteiger partial charge < -0.3 is 9.73 Å². The Labute approximate surface area is 122 Å². The number of rotatable bonds is 5. The van der Waals surface area contributed by atoms with Gasteiger partial charge in [0.15, 0.2) is 0 Å². The predicted molar refractivity (Wildman–Crippen MR) is 81.4 cm³/mol. The van der Waals surface area contributed by atoms with E-state index in [0.717, 1.165) is 43.0 Å². The van der Waals surface area contributed by atoms with Crippen LogP contribution in [0.3, 0.4) is 0 Å². The maximum atomic E-state index is 5.92. The first kappa shape index (κ1) is 14.2. The summed E-state index contributed by atoms with van der Waals surface area (Å²) >= 11 is 0. The van der Waals surface area contributed by atoms with E-state index >= 15 is 0 Å². The molecule has 0 radical (unpaired) electrons. The Hall–Kier alpha value is -0.800. The summed E-state index contributed by atoms with van der Waals surface area (Å²) in [5.74, 6) is 4.16. The van der Waals surface area contributed by atoms with Crippen molar-refractivity contribution in [1.82, 2.24) is 10.2 Å². The molecule has 0 spiro atoms. The van der Waals surface area contributed by atoms with Crippen molar-refractivity contribution in [3.8, 4) is 0 Å². The van der Waals surface area contributed by atoms with Crippen molar-refractivity contribution < 1.29 is 4.42 Å². The van der Waals surface area contributed by atoms with E-state index in [9.17, 15) is 0 Å². The minimum absolute atomic E-state index is 0.848. The Balaban J connectivity index is 1.51. The standard InChI is InChI=1S/C17H28N2O/c1-2-18-11-16-7-8-17(20-16)13-19-10-9-14-5-3-4-6-15(14)12-19/h7-8,14-15,18H,2-6,9-13H2,1H3. The highest BCUT2D eigenvalue weighted by atomic mass is 16.3. The van der Waals surface area contributed by atoms with Gasteiger partial charge in [0.05, 0.1) is 13.1 Å². The number of nitrogens with one attached hydrogen (secondary N) is 1. The average Bonchev–Trinajstić information content (AvgIpc) is 2.92. The van der Waals surface area contributed by atoms with Gasteiger partial charge in [0.1, 0.15) is 11.5 Å². The van der Waals surface area contributed by atoms with Crippen LogP contribution in [0.25, 0.3) is 0 Å². The molecule has 20 heavy (non-hydrogen) atoms. The molecular weight excluding hydrogens is 248 g/mol. The molecule has 2 atom stereocenters. The summed E-state index contributed by atoms with van der Waals surface area (Å²) in [6, 6.07) is 4.27. The zero-order valence-electron chi connectivity index (χ0n) is 12.7. The van der Waals surface area contributed by atoms with Crippen LogP contribution < -0.4 is 5.32 Å². The number of furan rings is 1. The van der Waals surface area contributed by atoms with Crippen LogP contribution in [-0.2, 0) is 13.1 Å². The number of hydrogen-bond acceptors (Lipinski definition) is 3. The summed E-state index contributed by atoms with van der Waals surface area (Å²) in [6.45, 7) is 7.50. The Kier molecular flexibility index (Phi) is 4.79. The first-order chi connectivity index (χ1) is 9.85. The fourth-order valence-corrected chi connectivity index (χ4v) is 3.89. The van der Waals surface area contributed by atoms with E-state index in [4.69, 9.17) is 4.42 Å². The molecule has 3 rings (SSSR count). The third-order valence-electron chi connectivity index (χ3n) is 5.02. The SMILES string of the molecule is CCNCc1ccc(CN2CCC3CCCCC3C2)o1. The molecule has 2 heterocycles. The smallest absolute Gasteiger partial charge is 0.118 e. The molecule has 1 aromatic heterocycles. The van der Waals surface area contributed by atoms with Crippen LogP contribution in [0.1, 0.15) is 50.5 Å². The second kappa shape index (κ2) is 6.77. The Bertz CT molecular complexity index is 415. The van der Waals surface area contributed by atoms with Gasteiger partial charge in [0.2, 0.25) is 0 Å². The zero-order chi connectivity index (χ0) is 13.8. The molecule has 0 amide bonds. The van der Waals surface area contributed by atoms with E-state index in [2.05, 4.69) is 29.3 Å². The Morgan fingerprint density at radius 3 is 2.80 bits per heavy atom. The van der Waals surface area contributed by atoms with E-state index in [1.807, 2.05) is 0 Å². The quantitative estimate of drug-likeness (QED) is 0.893. The maximum Gasteiger partial charge on any atom is 0.118 e. The minimum Gasteiger partial charge on any atom is -0.463 e. The van der Waals surface area contributed by atoms with Gasteiger partial charge in [-0.05, 0) is 49.9 Å². The molecule has 2 fully saturated rings. The highest BCUT2D eigenvalue weighted by Gasteiger charge is 2.31. The summed E-state index contributed by atoms with van der Waals surface area (Å²) in [5, 5.41) is 3.31. The van der Waals surface area contributed by atoms with Crippen LogP contribution in [-0.4, -0.2) is 24.5 Å². The van der Waals surface area contributed by atoms with E-state index in [0.29, 0.717) is 0 Å². The van der Waals surface area contributed by atoms with E-state index in [-0.39, 0.29) is 0 Å². The molecule has 112 valence electrons. The third kappa shape index (κ3) is 3.44. The fraction of sp³-hybridized carbons (Fsp3) is 0.765. The second-order valence-electron chi connectivity index (χ2n) is 6.48. The van der Waals surface area contributed by atoms with Gasteiger partial charge in [-0.25, -0.2) is 0 Å². The number of likely N-dealkylation sites (tertiary alicyclic amines) is 1. The van der Waals surface area contributed by atoms with Crippen molar-refractivity contribution in [1.29, 1.82) is 0 Å². The first-order valence-electron chi connectivity index (χ1n) is 8.36. The molecule has 1 saturated heterocycles. The van der Waals surface area contributed by atoms with Gasteiger partial charge in [-0.1, -0.05) is 26.2 Å². The predicted octanol–water partition coefficient (Wildman–Crippen LogP) is 3.40. The molecule has 1 N–H and O–H groups in total. The molecule has 0 bridgehead atoms. The van der Waals surface area contributed by atoms with Crippen molar-refractivity contribution >= 4 is 0 Å². The molecule has 1 aliphatic heterocycles. The lowest BCUT2D eigenvalue weighted by atomic mass is 9.75. The lowest BCUT2D eigenvalue weighted by molar-refractivity contribution is 0.0771. The molecular formula is C17H28N2O. The molecule has 1 aromatic rings. The van der Waals surface area contributed by atoms with Crippen molar-refractivity contribution in [3.63, 3.8) is 0 Å². The van der Waals surface area contributed by atoms with Crippen molar-refractivity contribution in [2.75, 3.05) is 19.6 Å². The van der Waals surface area contributed by atoms with E-state index in [1.165, 1.54) is 45.2 Å². The Morgan fingerprint density at radius 1 is 1.15 bits per heavy atom. The zero-order valence-corrected chi connectivity index (χ0v) is 12.7. The van der Waals surface area contributed by atoms with Gasteiger partial charge in [-0.2, -0.15) is 0 Å². The topological polar surface area (TPSA) is 28.4 Å². The third-order valence-corrected chi connectivity index (χ3v) is 5.02. The van der Waals surface area contributed by atoms with Crippen LogP contribution >= 0.6 is 0 Å². The van der Waals surface area contributed by atoms with Gasteiger partial charge in [0.25, 0.3) is 0 Å². The van der Waals surface area contributed by atoms with Gasteiger partial charge >= 0.3 is 0 Å². The molecule has 0 aromatic carbocycles.